The Bertz CT molecular complexity index is 329. The van der Waals surface area contributed by atoms with E-state index in [1.165, 1.54) is 32.1 Å². The van der Waals surface area contributed by atoms with Gasteiger partial charge in [0, 0.05) is 0 Å². The Hall–Kier alpha value is 0.0600. The van der Waals surface area contributed by atoms with E-state index in [0.717, 1.165) is 6.42 Å². The molecule has 0 radical (unpaired) electrons. The van der Waals surface area contributed by atoms with Gasteiger partial charge in [-0.1, -0.05) is 54.7 Å². The van der Waals surface area contributed by atoms with Gasteiger partial charge in [-0.15, -0.1) is 0 Å². The molecule has 19 heavy (non-hydrogen) atoms. The quantitative estimate of drug-likeness (QED) is 0.514. The summed E-state index contributed by atoms with van der Waals surface area (Å²) < 4.78 is 32.6. The molecule has 0 spiro atoms. The molecule has 1 aliphatic heterocycles. The molecule has 2 atom stereocenters. The van der Waals surface area contributed by atoms with E-state index in [0.29, 0.717) is 12.5 Å². The van der Waals surface area contributed by atoms with Gasteiger partial charge in [-0.2, -0.15) is 0 Å². The second-order valence-electron chi connectivity index (χ2n) is 5.60. The summed E-state index contributed by atoms with van der Waals surface area (Å²) >= 11 is 1.88. The van der Waals surface area contributed by atoms with Crippen molar-refractivity contribution in [1.29, 1.82) is 0 Å². The van der Waals surface area contributed by atoms with Crippen molar-refractivity contribution >= 4 is 28.5 Å². The smallest absolute Gasteiger partial charge is 0.270 e. The minimum atomic E-state index is -2.69. The number of nitrogens with zero attached hydrogens (tertiary/aromatic N) is 1. The van der Waals surface area contributed by atoms with Crippen LogP contribution in [0, 0.1) is 5.92 Å². The minimum Gasteiger partial charge on any atom is -0.481 e. The number of alkyl halides is 3. The van der Waals surface area contributed by atoms with Crippen LogP contribution >= 0.6 is 22.6 Å². The normalized spacial score (nSPS) is 31.9. The van der Waals surface area contributed by atoms with E-state index >= 15 is 0 Å². The van der Waals surface area contributed by atoms with Gasteiger partial charge >= 0.3 is 0 Å². The summed E-state index contributed by atoms with van der Waals surface area (Å²) in [5.41, 5.74) is 0. The molecule has 5 heteroatoms. The molecule has 2 rings (SSSR count). The summed E-state index contributed by atoms with van der Waals surface area (Å²) in [6.07, 6.45) is 6.56. The lowest BCUT2D eigenvalue weighted by Crippen LogP contribution is -2.45. The van der Waals surface area contributed by atoms with E-state index in [2.05, 4.69) is 4.99 Å². The van der Waals surface area contributed by atoms with Crippen LogP contribution in [-0.2, 0) is 4.74 Å². The summed E-state index contributed by atoms with van der Waals surface area (Å²) in [5, 5.41) is 0. The fourth-order valence-electron chi connectivity index (χ4n) is 3.07. The average Bonchev–Trinajstić information content (AvgIpc) is 2.37. The van der Waals surface area contributed by atoms with Crippen molar-refractivity contribution in [3.8, 4) is 0 Å². The van der Waals surface area contributed by atoms with Crippen LogP contribution in [-0.4, -0.2) is 28.4 Å². The van der Waals surface area contributed by atoms with Gasteiger partial charge in [0.1, 0.15) is 0 Å². The number of aliphatic imine (C=N–C) groups is 1. The van der Waals surface area contributed by atoms with Gasteiger partial charge < -0.3 is 4.74 Å². The van der Waals surface area contributed by atoms with Gasteiger partial charge in [-0.3, -0.25) is 4.99 Å². The highest BCUT2D eigenvalue weighted by Crippen LogP contribution is 2.40. The molecule has 1 aliphatic carbocycles. The third-order valence-corrected chi connectivity index (χ3v) is 5.79. The second kappa shape index (κ2) is 6.68. The molecule has 1 fully saturated rings. The van der Waals surface area contributed by atoms with Gasteiger partial charge in [-0.25, -0.2) is 8.78 Å². The lowest BCUT2D eigenvalue weighted by atomic mass is 9.83. The van der Waals surface area contributed by atoms with E-state index in [-0.39, 0.29) is 18.4 Å². The van der Waals surface area contributed by atoms with Gasteiger partial charge in [0.25, 0.3) is 5.92 Å². The highest BCUT2D eigenvalue weighted by molar-refractivity contribution is 14.1. The van der Waals surface area contributed by atoms with Crippen LogP contribution in [0.25, 0.3) is 0 Å². The molecule has 0 N–H and O–H groups in total. The van der Waals surface area contributed by atoms with Crippen LogP contribution in [0.4, 0.5) is 8.78 Å². The zero-order chi connectivity index (χ0) is 13.9. The average molecular weight is 385 g/mol. The van der Waals surface area contributed by atoms with Crippen molar-refractivity contribution in [1.82, 2.24) is 0 Å². The van der Waals surface area contributed by atoms with Crippen LogP contribution in [0.15, 0.2) is 4.99 Å². The largest absolute Gasteiger partial charge is 0.481 e. The molecule has 0 aromatic rings. The Balaban J connectivity index is 2.04. The van der Waals surface area contributed by atoms with Crippen LogP contribution < -0.4 is 0 Å². The molecule has 0 bridgehead atoms. The molecule has 0 amide bonds. The Morgan fingerprint density at radius 1 is 1.32 bits per heavy atom. The molecule has 0 saturated heterocycles. The van der Waals surface area contributed by atoms with Crippen LogP contribution in [0.1, 0.15) is 51.9 Å². The van der Waals surface area contributed by atoms with Crippen LogP contribution in [0.3, 0.4) is 0 Å². The molecule has 2 aliphatic rings. The third-order valence-electron chi connectivity index (χ3n) is 4.05. The molecular formula is C14H22F2INO. The SMILES string of the molecule is CCOC1=N[C@H](CC2CCCCC2)[C@@H](I)C(F)(F)C1. The number of ether oxygens (including phenoxy) is 1. The number of rotatable bonds is 3. The van der Waals surface area contributed by atoms with E-state index in [1.54, 1.807) is 0 Å². The number of halogens is 3. The number of hydrogen-bond donors (Lipinski definition) is 0. The fourth-order valence-corrected chi connectivity index (χ4v) is 3.74. The van der Waals surface area contributed by atoms with E-state index in [9.17, 15) is 8.78 Å². The highest BCUT2D eigenvalue weighted by Gasteiger charge is 2.48. The van der Waals surface area contributed by atoms with Crippen molar-refractivity contribution < 1.29 is 13.5 Å². The summed E-state index contributed by atoms with van der Waals surface area (Å²) in [6.45, 7) is 2.23. The second-order valence-corrected chi connectivity index (χ2v) is 6.94. The molecule has 2 nitrogen and oxygen atoms in total. The lowest BCUT2D eigenvalue weighted by molar-refractivity contribution is -0.00799. The van der Waals surface area contributed by atoms with Crippen molar-refractivity contribution in [3.63, 3.8) is 0 Å². The topological polar surface area (TPSA) is 21.6 Å². The monoisotopic (exact) mass is 385 g/mol. The number of hydrogen-bond acceptors (Lipinski definition) is 2. The molecule has 1 heterocycles. The summed E-state index contributed by atoms with van der Waals surface area (Å²) in [4.78, 5) is 4.45. The minimum absolute atomic E-state index is 0.251. The van der Waals surface area contributed by atoms with E-state index in [1.807, 2.05) is 29.5 Å². The maximum atomic E-state index is 14.0. The van der Waals surface area contributed by atoms with Gasteiger partial charge in [-0.05, 0) is 19.3 Å². The Labute approximate surface area is 127 Å². The standard InChI is InChI=1S/C14H22F2INO/c1-2-19-12-9-14(15,16)13(17)11(18-12)8-10-6-4-3-5-7-10/h10-11,13H,2-9H2,1H3/t11-,13-/m1/s1. The predicted octanol–water partition coefficient (Wildman–Crippen LogP) is 4.60. The van der Waals surface area contributed by atoms with Gasteiger partial charge in [0.15, 0.2) is 5.90 Å². The van der Waals surface area contributed by atoms with Gasteiger partial charge in [0.2, 0.25) is 0 Å². The Morgan fingerprint density at radius 3 is 2.63 bits per heavy atom. The molecule has 1 saturated carbocycles. The third kappa shape index (κ3) is 4.02. The first-order valence-electron chi connectivity index (χ1n) is 7.24. The summed E-state index contributed by atoms with van der Waals surface area (Å²) in [7, 11) is 0. The molecule has 110 valence electrons. The molecule has 0 aromatic heterocycles. The lowest BCUT2D eigenvalue weighted by Gasteiger charge is -2.34. The Morgan fingerprint density at radius 2 is 2.00 bits per heavy atom. The fraction of sp³-hybridized carbons (Fsp3) is 0.929. The van der Waals surface area contributed by atoms with Crippen molar-refractivity contribution in [2.75, 3.05) is 6.61 Å². The Kier molecular flexibility index (Phi) is 5.43. The van der Waals surface area contributed by atoms with Crippen LogP contribution in [0.5, 0.6) is 0 Å². The highest BCUT2D eigenvalue weighted by atomic mass is 127. The first-order valence-corrected chi connectivity index (χ1v) is 8.49. The summed E-state index contributed by atoms with van der Waals surface area (Å²) in [6, 6.07) is -0.283. The van der Waals surface area contributed by atoms with Gasteiger partial charge in [0.05, 0.1) is 23.0 Å². The zero-order valence-electron chi connectivity index (χ0n) is 11.4. The maximum absolute atomic E-state index is 14.0. The molecule has 0 unspecified atom stereocenters. The maximum Gasteiger partial charge on any atom is 0.270 e. The molecular weight excluding hydrogens is 363 g/mol. The van der Waals surface area contributed by atoms with Crippen molar-refractivity contribution in [2.45, 2.75) is 67.8 Å². The van der Waals surface area contributed by atoms with Crippen LogP contribution in [0.2, 0.25) is 0 Å². The van der Waals surface area contributed by atoms with E-state index < -0.39 is 9.85 Å². The van der Waals surface area contributed by atoms with E-state index in [4.69, 9.17) is 4.74 Å². The summed E-state index contributed by atoms with van der Waals surface area (Å²) in [5.74, 6) is -1.87. The first kappa shape index (κ1) is 15.4. The molecule has 0 aromatic carbocycles. The first-order chi connectivity index (χ1) is 9.03. The van der Waals surface area contributed by atoms with Crippen molar-refractivity contribution in [2.24, 2.45) is 10.9 Å². The predicted molar refractivity (Wildman–Crippen MR) is 81.4 cm³/mol. The van der Waals surface area contributed by atoms with Crippen molar-refractivity contribution in [3.05, 3.63) is 0 Å². The zero-order valence-corrected chi connectivity index (χ0v) is 13.5.